The molecular weight excluding hydrogens is 755 g/mol. The van der Waals surface area contributed by atoms with Crippen LogP contribution in [0.15, 0.2) is 229 Å². The van der Waals surface area contributed by atoms with Crippen molar-refractivity contribution in [2.24, 2.45) is 0 Å². The molecule has 0 bridgehead atoms. The van der Waals surface area contributed by atoms with Crippen molar-refractivity contribution in [2.45, 2.75) is 0 Å². The molecule has 0 N–H and O–H groups in total. The lowest BCUT2D eigenvalue weighted by atomic mass is 9.95. The van der Waals surface area contributed by atoms with Gasteiger partial charge in [-0.2, -0.15) is 0 Å². The van der Waals surface area contributed by atoms with Gasteiger partial charge in [-0.3, -0.25) is 0 Å². The number of fused-ring (bicyclic) bond motifs is 6. The van der Waals surface area contributed by atoms with Crippen molar-refractivity contribution < 1.29 is 4.42 Å². The molecule has 4 nitrogen and oxygen atoms in total. The van der Waals surface area contributed by atoms with Crippen LogP contribution < -0.4 is 0 Å². The molecule has 0 saturated heterocycles. The van der Waals surface area contributed by atoms with Crippen LogP contribution >= 0.6 is 0 Å². The van der Waals surface area contributed by atoms with E-state index in [-0.39, 0.29) is 0 Å². The summed E-state index contributed by atoms with van der Waals surface area (Å²) >= 11 is 0. The molecule has 0 amide bonds. The van der Waals surface area contributed by atoms with Crippen molar-refractivity contribution in [3.05, 3.63) is 224 Å². The molecule has 290 valence electrons. The predicted molar refractivity (Wildman–Crippen MR) is 256 cm³/mol. The second kappa shape index (κ2) is 14.7. The number of para-hydroxylation sites is 4. The van der Waals surface area contributed by atoms with Gasteiger partial charge in [0.25, 0.3) is 0 Å². The smallest absolute Gasteiger partial charge is 0.160 e. The Morgan fingerprint density at radius 2 is 0.806 bits per heavy atom. The molecule has 62 heavy (non-hydrogen) atoms. The lowest BCUT2D eigenvalue weighted by Crippen LogP contribution is -1.97. The Morgan fingerprint density at radius 1 is 0.323 bits per heavy atom. The van der Waals surface area contributed by atoms with Gasteiger partial charge in [-0.05, 0) is 70.3 Å². The monoisotopic (exact) mass is 791 g/mol. The first-order valence-corrected chi connectivity index (χ1v) is 21.0. The summed E-state index contributed by atoms with van der Waals surface area (Å²) in [5.74, 6) is 0.692. The van der Waals surface area contributed by atoms with E-state index in [0.717, 1.165) is 89.0 Å². The highest BCUT2D eigenvalue weighted by atomic mass is 16.3. The average molecular weight is 792 g/mol. The number of hydrogen-bond acceptors (Lipinski definition) is 3. The first-order chi connectivity index (χ1) is 30.7. The molecule has 0 atom stereocenters. The Labute approximate surface area is 358 Å². The summed E-state index contributed by atoms with van der Waals surface area (Å²) in [6, 6.07) is 79.2. The third kappa shape index (κ3) is 6.16. The largest absolute Gasteiger partial charge is 0.455 e. The van der Waals surface area contributed by atoms with E-state index in [1.54, 1.807) is 0 Å². The van der Waals surface area contributed by atoms with Crippen LogP contribution in [0, 0.1) is 0 Å². The Bertz CT molecular complexity index is 3550. The molecule has 3 heterocycles. The highest BCUT2D eigenvalue weighted by molar-refractivity contribution is 6.11. The first kappa shape index (κ1) is 35.6. The van der Waals surface area contributed by atoms with Gasteiger partial charge < -0.3 is 8.98 Å². The summed E-state index contributed by atoms with van der Waals surface area (Å²) in [5.41, 5.74) is 16.6. The number of hydrogen-bond donors (Lipinski definition) is 0. The van der Waals surface area contributed by atoms with Crippen LogP contribution in [-0.4, -0.2) is 14.5 Å². The summed E-state index contributed by atoms with van der Waals surface area (Å²) in [6.07, 6.45) is 0. The molecular formula is C58H37N3O. The van der Waals surface area contributed by atoms with Crippen molar-refractivity contribution in [1.29, 1.82) is 0 Å². The summed E-state index contributed by atoms with van der Waals surface area (Å²) < 4.78 is 9.00. The summed E-state index contributed by atoms with van der Waals surface area (Å²) in [5, 5.41) is 4.68. The van der Waals surface area contributed by atoms with E-state index in [9.17, 15) is 0 Å². The Morgan fingerprint density at radius 3 is 1.45 bits per heavy atom. The molecule has 0 fully saturated rings. The van der Waals surface area contributed by atoms with Gasteiger partial charge in [0.2, 0.25) is 0 Å². The first-order valence-electron chi connectivity index (χ1n) is 21.0. The maximum atomic E-state index is 6.61. The van der Waals surface area contributed by atoms with Crippen LogP contribution in [0.4, 0.5) is 0 Å². The SMILES string of the molecule is c1ccc(-c2ccc(-c3cc(-c4ccc(-c5cc(-c6cccc7c6oc6ccccc67)cc(-n6c7ccccc7c7ccccc76)c5)cc4)nc(-c4ccccc4)n3)cc2)cc1. The van der Waals surface area contributed by atoms with Crippen LogP contribution in [0.25, 0.3) is 117 Å². The molecule has 0 unspecified atom stereocenters. The molecule has 0 aliphatic rings. The van der Waals surface area contributed by atoms with E-state index in [2.05, 4.69) is 193 Å². The van der Waals surface area contributed by atoms with Gasteiger partial charge in [0, 0.05) is 49.5 Å². The van der Waals surface area contributed by atoms with E-state index in [1.807, 2.05) is 36.4 Å². The third-order valence-corrected chi connectivity index (χ3v) is 12.0. The quantitative estimate of drug-likeness (QED) is 0.161. The summed E-state index contributed by atoms with van der Waals surface area (Å²) in [7, 11) is 0. The summed E-state index contributed by atoms with van der Waals surface area (Å²) in [4.78, 5) is 10.2. The second-order valence-electron chi connectivity index (χ2n) is 15.8. The van der Waals surface area contributed by atoms with E-state index >= 15 is 0 Å². The fourth-order valence-electron chi connectivity index (χ4n) is 8.99. The average Bonchev–Trinajstić information content (AvgIpc) is 3.91. The lowest BCUT2D eigenvalue weighted by Gasteiger charge is -2.15. The minimum absolute atomic E-state index is 0.692. The van der Waals surface area contributed by atoms with Crippen molar-refractivity contribution in [3.8, 4) is 73.0 Å². The molecule has 0 spiro atoms. The fourth-order valence-corrected chi connectivity index (χ4v) is 8.99. The molecule has 0 saturated carbocycles. The number of nitrogens with zero attached hydrogens (tertiary/aromatic N) is 3. The van der Waals surface area contributed by atoms with E-state index in [1.165, 1.54) is 21.9 Å². The minimum atomic E-state index is 0.692. The topological polar surface area (TPSA) is 43.9 Å². The molecule has 3 aromatic heterocycles. The lowest BCUT2D eigenvalue weighted by molar-refractivity contribution is 0.670. The van der Waals surface area contributed by atoms with Crippen LogP contribution in [0.5, 0.6) is 0 Å². The van der Waals surface area contributed by atoms with Gasteiger partial charge >= 0.3 is 0 Å². The van der Waals surface area contributed by atoms with Crippen LogP contribution in [0.1, 0.15) is 0 Å². The molecule has 4 heteroatoms. The molecule has 0 radical (unpaired) electrons. The second-order valence-corrected chi connectivity index (χ2v) is 15.8. The number of rotatable bonds is 7. The Balaban J connectivity index is 1.00. The van der Waals surface area contributed by atoms with Crippen molar-refractivity contribution in [2.75, 3.05) is 0 Å². The van der Waals surface area contributed by atoms with Gasteiger partial charge in [0.1, 0.15) is 11.2 Å². The number of benzene rings is 9. The molecule has 0 aliphatic carbocycles. The Kier molecular flexibility index (Phi) is 8.46. The molecule has 12 aromatic rings. The minimum Gasteiger partial charge on any atom is -0.455 e. The van der Waals surface area contributed by atoms with Gasteiger partial charge in [-0.25, -0.2) is 9.97 Å². The number of aromatic nitrogens is 3. The normalized spacial score (nSPS) is 11.5. The maximum Gasteiger partial charge on any atom is 0.160 e. The van der Waals surface area contributed by atoms with Crippen molar-refractivity contribution in [3.63, 3.8) is 0 Å². The fraction of sp³-hybridized carbons (Fsp3) is 0. The highest BCUT2D eigenvalue weighted by Gasteiger charge is 2.18. The van der Waals surface area contributed by atoms with Crippen LogP contribution in [0.3, 0.4) is 0 Å². The Hall–Kier alpha value is -8.34. The summed E-state index contributed by atoms with van der Waals surface area (Å²) in [6.45, 7) is 0. The van der Waals surface area contributed by atoms with Gasteiger partial charge in [-0.15, -0.1) is 0 Å². The van der Waals surface area contributed by atoms with Crippen LogP contribution in [0.2, 0.25) is 0 Å². The molecule has 12 rings (SSSR count). The van der Waals surface area contributed by atoms with Crippen molar-refractivity contribution in [1.82, 2.24) is 14.5 Å². The predicted octanol–water partition coefficient (Wildman–Crippen LogP) is 15.5. The number of furan rings is 1. The maximum absolute atomic E-state index is 6.61. The standard InChI is InChI=1S/C58H37N3O/c1-3-14-38(15-4-1)39-26-30-41(31-27-39)52-37-53(60-58(59-52)43-16-5-2-6-17-43)42-32-28-40(29-33-42)44-34-45(47-21-13-22-51-50-20-9-12-25-56(50)62-57(47)51)36-46(35-44)61-54-23-10-7-18-48(54)49-19-8-11-24-55(49)61/h1-37H. The van der Waals surface area contributed by atoms with E-state index in [4.69, 9.17) is 14.4 Å². The van der Waals surface area contributed by atoms with Gasteiger partial charge in [0.15, 0.2) is 5.82 Å². The highest BCUT2D eigenvalue weighted by Crippen LogP contribution is 2.40. The zero-order valence-electron chi connectivity index (χ0n) is 33.6. The van der Waals surface area contributed by atoms with Gasteiger partial charge in [0.05, 0.1) is 22.4 Å². The van der Waals surface area contributed by atoms with E-state index < -0.39 is 0 Å². The molecule has 0 aliphatic heterocycles. The van der Waals surface area contributed by atoms with Gasteiger partial charge in [-0.1, -0.05) is 182 Å². The molecule has 9 aromatic carbocycles. The van der Waals surface area contributed by atoms with Crippen molar-refractivity contribution >= 4 is 43.7 Å². The zero-order chi connectivity index (χ0) is 41.0. The zero-order valence-corrected chi connectivity index (χ0v) is 33.6. The van der Waals surface area contributed by atoms with E-state index in [0.29, 0.717) is 5.82 Å². The third-order valence-electron chi connectivity index (χ3n) is 12.0. The van der Waals surface area contributed by atoms with Crippen LogP contribution in [-0.2, 0) is 0 Å².